The van der Waals surface area contributed by atoms with E-state index in [4.69, 9.17) is 18.9 Å². The summed E-state index contributed by atoms with van der Waals surface area (Å²) in [6.45, 7) is 5.83. The second-order valence-electron chi connectivity index (χ2n) is 12.3. The molecular formula is C37H45N3O7. The van der Waals surface area contributed by atoms with Crippen LogP contribution in [0.3, 0.4) is 0 Å². The van der Waals surface area contributed by atoms with Crippen LogP contribution in [0.15, 0.2) is 60.7 Å². The monoisotopic (exact) mass is 643 g/mol. The number of methoxy groups -OCH3 is 2. The lowest BCUT2D eigenvalue weighted by Gasteiger charge is -2.39. The number of likely N-dealkylation sites (tertiary alicyclic amines) is 1. The molecule has 0 spiro atoms. The van der Waals surface area contributed by atoms with E-state index >= 15 is 0 Å². The smallest absolute Gasteiger partial charge is 0.253 e. The van der Waals surface area contributed by atoms with Gasteiger partial charge in [-0.15, -0.1) is 0 Å². The Labute approximate surface area is 276 Å². The molecule has 47 heavy (non-hydrogen) atoms. The van der Waals surface area contributed by atoms with E-state index in [0.29, 0.717) is 61.8 Å². The standard InChI is InChI=1S/C37H45N3O7/c1-25-9-12-29(19-26(25)2)37(43)40-17-15-32-31(22-40)38-35(41)23-39(16-6-18-44-3)36(42)14-11-27-10-13-33(34(21-27)45-4)47-30-8-5-7-28(20-30)24-46-32/h5,7-10,12-13,19-21,31-32H,6,11,14-18,22-24H2,1-4H3,(H,38,41)/t31-,32+/m0/s1. The molecule has 0 unspecified atom stereocenters. The van der Waals surface area contributed by atoms with Gasteiger partial charge in [-0.25, -0.2) is 0 Å². The average Bonchev–Trinajstić information content (AvgIpc) is 3.07. The van der Waals surface area contributed by atoms with Crippen molar-refractivity contribution in [1.29, 1.82) is 0 Å². The third kappa shape index (κ3) is 8.90. The minimum atomic E-state index is -0.469. The van der Waals surface area contributed by atoms with Crippen LogP contribution in [0.1, 0.15) is 51.9 Å². The Morgan fingerprint density at radius 3 is 2.62 bits per heavy atom. The summed E-state index contributed by atoms with van der Waals surface area (Å²) in [6.07, 6.45) is 1.48. The number of nitrogens with one attached hydrogen (secondary N) is 1. The molecule has 0 aliphatic carbocycles. The molecule has 4 bridgehead atoms. The summed E-state index contributed by atoms with van der Waals surface area (Å²) < 4.78 is 23.5. The van der Waals surface area contributed by atoms with Crippen LogP contribution in [0.25, 0.3) is 0 Å². The van der Waals surface area contributed by atoms with Crippen molar-refractivity contribution in [2.45, 2.75) is 58.3 Å². The van der Waals surface area contributed by atoms with Crippen molar-refractivity contribution in [1.82, 2.24) is 15.1 Å². The number of nitrogens with zero attached hydrogens (tertiary/aromatic N) is 2. The van der Waals surface area contributed by atoms with E-state index in [0.717, 1.165) is 22.3 Å². The highest BCUT2D eigenvalue weighted by Gasteiger charge is 2.34. The molecule has 10 nitrogen and oxygen atoms in total. The molecule has 3 aliphatic rings. The number of hydrogen-bond acceptors (Lipinski definition) is 7. The summed E-state index contributed by atoms with van der Waals surface area (Å²) in [7, 11) is 3.20. The number of fused-ring (bicyclic) bond motifs is 9. The highest BCUT2D eigenvalue weighted by atomic mass is 16.5. The van der Waals surface area contributed by atoms with Crippen molar-refractivity contribution in [3.8, 4) is 17.2 Å². The van der Waals surface area contributed by atoms with Gasteiger partial charge in [0.1, 0.15) is 5.75 Å². The van der Waals surface area contributed by atoms with Crippen LogP contribution in [-0.2, 0) is 32.1 Å². The fourth-order valence-electron chi connectivity index (χ4n) is 6.02. The number of carbonyl (C=O) groups excluding carboxylic acids is 3. The Morgan fingerprint density at radius 2 is 1.83 bits per heavy atom. The molecule has 3 heterocycles. The van der Waals surface area contributed by atoms with Crippen molar-refractivity contribution in [2.24, 2.45) is 0 Å². The van der Waals surface area contributed by atoms with Crippen LogP contribution in [0.5, 0.6) is 17.2 Å². The summed E-state index contributed by atoms with van der Waals surface area (Å²) in [6, 6.07) is 18.5. The topological polar surface area (TPSA) is 107 Å². The van der Waals surface area contributed by atoms with E-state index in [-0.39, 0.29) is 49.9 Å². The molecule has 1 saturated heterocycles. The molecular weight excluding hydrogens is 598 g/mol. The number of carbonyl (C=O) groups is 3. The Balaban J connectivity index is 1.41. The molecule has 2 atom stereocenters. The zero-order valence-electron chi connectivity index (χ0n) is 27.8. The van der Waals surface area contributed by atoms with Crippen LogP contribution in [0, 0.1) is 13.8 Å². The molecule has 6 rings (SSSR count). The first kappa shape index (κ1) is 33.9. The Bertz CT molecular complexity index is 1580. The predicted octanol–water partition coefficient (Wildman–Crippen LogP) is 4.83. The second kappa shape index (κ2) is 15.9. The molecule has 1 fully saturated rings. The van der Waals surface area contributed by atoms with Crippen LogP contribution in [0.4, 0.5) is 0 Å². The van der Waals surface area contributed by atoms with Crippen LogP contribution in [0.2, 0.25) is 0 Å². The average molecular weight is 644 g/mol. The number of amides is 3. The number of piperidine rings is 1. The maximum Gasteiger partial charge on any atom is 0.253 e. The van der Waals surface area contributed by atoms with E-state index in [2.05, 4.69) is 5.32 Å². The minimum absolute atomic E-state index is 0.0835. The molecule has 3 aromatic carbocycles. The maximum atomic E-state index is 13.6. The fourth-order valence-corrected chi connectivity index (χ4v) is 6.02. The SMILES string of the molecule is COCCCN1CC(=O)N[C@H]2CN(C(=O)c3ccc(C)c(C)c3)CC[C@H]2OCc2cccc(c2)Oc2ccc(cc2OC)CCC1=O. The molecule has 3 amide bonds. The summed E-state index contributed by atoms with van der Waals surface area (Å²) in [5.74, 6) is 1.25. The van der Waals surface area contributed by atoms with Gasteiger partial charge in [0.15, 0.2) is 11.5 Å². The summed E-state index contributed by atoms with van der Waals surface area (Å²) in [4.78, 5) is 44.0. The molecule has 0 aromatic heterocycles. The predicted molar refractivity (Wildman–Crippen MR) is 178 cm³/mol. The van der Waals surface area contributed by atoms with Crippen molar-refractivity contribution in [2.75, 3.05) is 47.0 Å². The zero-order valence-corrected chi connectivity index (χ0v) is 27.8. The van der Waals surface area contributed by atoms with Gasteiger partial charge in [-0.1, -0.05) is 24.3 Å². The lowest BCUT2D eigenvalue weighted by Crippen LogP contribution is -2.58. The molecule has 10 heteroatoms. The van der Waals surface area contributed by atoms with Gasteiger partial charge in [-0.2, -0.15) is 0 Å². The summed E-state index contributed by atoms with van der Waals surface area (Å²) >= 11 is 0. The molecule has 3 aromatic rings. The number of hydrogen-bond donors (Lipinski definition) is 1. The Morgan fingerprint density at radius 1 is 0.979 bits per heavy atom. The van der Waals surface area contributed by atoms with Crippen LogP contribution in [-0.4, -0.2) is 86.7 Å². The molecule has 3 aliphatic heterocycles. The Hall–Kier alpha value is -4.41. The maximum absolute atomic E-state index is 13.6. The van der Waals surface area contributed by atoms with E-state index in [1.165, 1.54) is 0 Å². The van der Waals surface area contributed by atoms with Gasteiger partial charge < -0.3 is 34.1 Å². The lowest BCUT2D eigenvalue weighted by molar-refractivity contribution is -0.137. The van der Waals surface area contributed by atoms with Gasteiger partial charge in [0.25, 0.3) is 5.91 Å². The van der Waals surface area contributed by atoms with Gasteiger partial charge in [-0.05, 0) is 91.8 Å². The van der Waals surface area contributed by atoms with Crippen molar-refractivity contribution < 1.29 is 33.3 Å². The van der Waals surface area contributed by atoms with Crippen LogP contribution >= 0.6 is 0 Å². The third-order valence-electron chi connectivity index (χ3n) is 8.85. The molecule has 1 N–H and O–H groups in total. The van der Waals surface area contributed by atoms with E-state index < -0.39 is 6.04 Å². The van der Waals surface area contributed by atoms with Gasteiger partial charge in [0.05, 0.1) is 32.4 Å². The van der Waals surface area contributed by atoms with Crippen molar-refractivity contribution in [3.05, 3.63) is 88.5 Å². The molecule has 0 radical (unpaired) electrons. The first-order valence-corrected chi connectivity index (χ1v) is 16.2. The van der Waals surface area contributed by atoms with Gasteiger partial charge in [0.2, 0.25) is 11.8 Å². The highest BCUT2D eigenvalue weighted by molar-refractivity contribution is 5.94. The second-order valence-corrected chi connectivity index (χ2v) is 12.3. The Kier molecular flexibility index (Phi) is 11.5. The normalized spacial score (nSPS) is 19.1. The third-order valence-corrected chi connectivity index (χ3v) is 8.85. The number of rotatable bonds is 6. The van der Waals surface area contributed by atoms with Crippen LogP contribution < -0.4 is 14.8 Å². The number of ether oxygens (including phenoxy) is 4. The summed E-state index contributed by atoms with van der Waals surface area (Å²) in [5, 5.41) is 3.12. The number of benzene rings is 3. The highest BCUT2D eigenvalue weighted by Crippen LogP contribution is 2.33. The van der Waals surface area contributed by atoms with Crippen molar-refractivity contribution in [3.63, 3.8) is 0 Å². The molecule has 0 saturated carbocycles. The zero-order chi connectivity index (χ0) is 33.3. The minimum Gasteiger partial charge on any atom is -0.493 e. The van der Waals surface area contributed by atoms with E-state index in [9.17, 15) is 14.4 Å². The number of aryl methyl sites for hydroxylation is 3. The van der Waals surface area contributed by atoms with Gasteiger partial charge >= 0.3 is 0 Å². The fraction of sp³-hybridized carbons (Fsp3) is 0.432. The van der Waals surface area contributed by atoms with Gasteiger partial charge in [-0.3, -0.25) is 14.4 Å². The lowest BCUT2D eigenvalue weighted by atomic mass is 9.99. The quantitative estimate of drug-likeness (QED) is 0.384. The first-order valence-electron chi connectivity index (χ1n) is 16.2. The van der Waals surface area contributed by atoms with Gasteiger partial charge in [0, 0.05) is 45.3 Å². The summed E-state index contributed by atoms with van der Waals surface area (Å²) in [5.41, 5.74) is 4.61. The first-order chi connectivity index (χ1) is 22.7. The van der Waals surface area contributed by atoms with Crippen molar-refractivity contribution >= 4 is 17.7 Å². The van der Waals surface area contributed by atoms with E-state index in [1.54, 1.807) is 24.0 Å². The van der Waals surface area contributed by atoms with E-state index in [1.807, 2.05) is 74.5 Å². The largest absolute Gasteiger partial charge is 0.493 e. The molecule has 250 valence electrons.